The van der Waals surface area contributed by atoms with Crippen molar-refractivity contribution < 1.29 is 14.3 Å². The van der Waals surface area contributed by atoms with Crippen molar-refractivity contribution in [3.63, 3.8) is 0 Å². The molecule has 0 saturated carbocycles. The van der Waals surface area contributed by atoms with Gasteiger partial charge in [0.25, 0.3) is 0 Å². The van der Waals surface area contributed by atoms with Crippen molar-refractivity contribution in [2.75, 3.05) is 7.11 Å². The van der Waals surface area contributed by atoms with Crippen LogP contribution < -0.4 is 10.1 Å². The number of ether oxygens (including phenoxy) is 1. The number of nitrogens with zero attached hydrogens (tertiary/aromatic N) is 1. The first kappa shape index (κ1) is 22.5. The predicted octanol–water partition coefficient (Wildman–Crippen LogP) is 3.80. The molecular weight excluding hydrogens is 364 g/mol. The van der Waals surface area contributed by atoms with Gasteiger partial charge in [0.2, 0.25) is 11.8 Å². The highest BCUT2D eigenvalue weighted by Gasteiger charge is 2.26. The van der Waals surface area contributed by atoms with Crippen LogP contribution in [-0.4, -0.2) is 35.9 Å². The van der Waals surface area contributed by atoms with Crippen LogP contribution in [0, 0.1) is 13.8 Å². The summed E-state index contributed by atoms with van der Waals surface area (Å²) in [5.41, 5.74) is 4.13. The molecule has 0 aliphatic rings. The average Bonchev–Trinajstić information content (AvgIpc) is 2.68. The number of rotatable bonds is 8. The summed E-state index contributed by atoms with van der Waals surface area (Å²) in [6.45, 7) is 9.99. The topological polar surface area (TPSA) is 58.6 Å². The molecule has 29 heavy (non-hydrogen) atoms. The highest BCUT2D eigenvalue weighted by Crippen LogP contribution is 2.18. The Hall–Kier alpha value is -2.82. The molecule has 0 aromatic heterocycles. The van der Waals surface area contributed by atoms with Crippen molar-refractivity contribution in [1.29, 1.82) is 0 Å². The van der Waals surface area contributed by atoms with E-state index >= 15 is 0 Å². The molecule has 2 aromatic rings. The first-order valence-corrected chi connectivity index (χ1v) is 10.00. The van der Waals surface area contributed by atoms with E-state index in [0.29, 0.717) is 6.54 Å². The van der Waals surface area contributed by atoms with Gasteiger partial charge in [0.1, 0.15) is 11.8 Å². The minimum atomic E-state index is -0.572. The third kappa shape index (κ3) is 6.34. The van der Waals surface area contributed by atoms with Gasteiger partial charge in [-0.3, -0.25) is 9.59 Å². The number of aryl methyl sites for hydroxylation is 2. The van der Waals surface area contributed by atoms with Crippen molar-refractivity contribution in [3.8, 4) is 5.75 Å². The summed E-state index contributed by atoms with van der Waals surface area (Å²) in [5.74, 6) is 0.538. The fourth-order valence-corrected chi connectivity index (χ4v) is 3.17. The number of carbonyl (C=O) groups excluding carboxylic acids is 2. The number of hydrogen-bond acceptors (Lipinski definition) is 3. The Balaban J connectivity index is 2.27. The molecule has 0 aliphatic heterocycles. The maximum Gasteiger partial charge on any atom is 0.242 e. The van der Waals surface area contributed by atoms with Gasteiger partial charge < -0.3 is 15.0 Å². The molecule has 2 aromatic carbocycles. The highest BCUT2D eigenvalue weighted by molar-refractivity contribution is 5.88. The van der Waals surface area contributed by atoms with E-state index in [1.165, 1.54) is 0 Å². The van der Waals surface area contributed by atoms with E-state index in [1.54, 1.807) is 18.9 Å². The Labute approximate surface area is 174 Å². The van der Waals surface area contributed by atoms with E-state index in [9.17, 15) is 9.59 Å². The van der Waals surface area contributed by atoms with Crippen LogP contribution >= 0.6 is 0 Å². The molecule has 5 heteroatoms. The SMILES string of the molecule is COc1ccc(CN(C(=O)Cc2cc(C)ccc2C)[C@@H](C)C(=O)NC(C)C)cc1. The first-order chi connectivity index (χ1) is 13.7. The fourth-order valence-electron chi connectivity index (χ4n) is 3.17. The number of amides is 2. The van der Waals surface area contributed by atoms with Gasteiger partial charge in [-0.1, -0.05) is 35.9 Å². The molecule has 0 heterocycles. The lowest BCUT2D eigenvalue weighted by Gasteiger charge is -2.29. The minimum absolute atomic E-state index is 0.0157. The summed E-state index contributed by atoms with van der Waals surface area (Å²) in [6.07, 6.45) is 0.267. The fraction of sp³-hybridized carbons (Fsp3) is 0.417. The summed E-state index contributed by atoms with van der Waals surface area (Å²) >= 11 is 0. The van der Waals surface area contributed by atoms with E-state index in [0.717, 1.165) is 28.0 Å². The molecule has 0 fully saturated rings. The van der Waals surface area contributed by atoms with Gasteiger partial charge in [-0.05, 0) is 63.4 Å². The Morgan fingerprint density at radius 1 is 1.03 bits per heavy atom. The molecule has 0 aliphatic carbocycles. The van der Waals surface area contributed by atoms with Gasteiger partial charge in [0.15, 0.2) is 0 Å². The third-order valence-electron chi connectivity index (χ3n) is 4.96. The minimum Gasteiger partial charge on any atom is -0.497 e. The quantitative estimate of drug-likeness (QED) is 0.738. The van der Waals surface area contributed by atoms with Gasteiger partial charge in [-0.2, -0.15) is 0 Å². The van der Waals surface area contributed by atoms with Crippen molar-refractivity contribution in [1.82, 2.24) is 10.2 Å². The summed E-state index contributed by atoms with van der Waals surface area (Å²) in [4.78, 5) is 27.5. The van der Waals surface area contributed by atoms with E-state index in [4.69, 9.17) is 4.74 Å². The second-order valence-corrected chi connectivity index (χ2v) is 7.82. The standard InChI is InChI=1S/C24H32N2O3/c1-16(2)25-24(28)19(5)26(15-20-9-11-22(29-6)12-10-20)23(27)14-21-13-17(3)7-8-18(21)4/h7-13,16,19H,14-15H2,1-6H3,(H,25,28)/t19-/m0/s1. The summed E-state index contributed by atoms with van der Waals surface area (Å²) < 4.78 is 5.21. The number of nitrogens with one attached hydrogen (secondary N) is 1. The Bertz CT molecular complexity index is 844. The van der Waals surface area contributed by atoms with E-state index < -0.39 is 6.04 Å². The molecular formula is C24H32N2O3. The number of benzene rings is 2. The lowest BCUT2D eigenvalue weighted by molar-refractivity contribution is -0.140. The van der Waals surface area contributed by atoms with Crippen molar-refractivity contribution in [3.05, 3.63) is 64.7 Å². The molecule has 0 radical (unpaired) electrons. The number of hydrogen-bond donors (Lipinski definition) is 1. The molecule has 5 nitrogen and oxygen atoms in total. The zero-order chi connectivity index (χ0) is 21.6. The van der Waals surface area contributed by atoms with Gasteiger partial charge in [-0.15, -0.1) is 0 Å². The molecule has 0 saturated heterocycles. The van der Waals surface area contributed by atoms with Crippen LogP contribution in [0.2, 0.25) is 0 Å². The average molecular weight is 397 g/mol. The molecule has 2 rings (SSSR count). The van der Waals surface area contributed by atoms with Crippen molar-refractivity contribution in [2.45, 2.75) is 59.7 Å². The first-order valence-electron chi connectivity index (χ1n) is 10.00. The second kappa shape index (κ2) is 10.1. The largest absolute Gasteiger partial charge is 0.497 e. The van der Waals surface area contributed by atoms with Crippen LogP contribution in [0.1, 0.15) is 43.0 Å². The van der Waals surface area contributed by atoms with E-state index in [1.807, 2.05) is 70.2 Å². The van der Waals surface area contributed by atoms with E-state index in [2.05, 4.69) is 5.32 Å². The van der Waals surface area contributed by atoms with Crippen LogP contribution in [0.5, 0.6) is 5.75 Å². The van der Waals surface area contributed by atoms with Gasteiger partial charge in [0, 0.05) is 12.6 Å². The van der Waals surface area contributed by atoms with Crippen molar-refractivity contribution in [2.24, 2.45) is 0 Å². The summed E-state index contributed by atoms with van der Waals surface area (Å²) in [6, 6.07) is 13.1. The van der Waals surface area contributed by atoms with Crippen LogP contribution in [0.15, 0.2) is 42.5 Å². The lowest BCUT2D eigenvalue weighted by Crippen LogP contribution is -2.49. The summed E-state index contributed by atoms with van der Waals surface area (Å²) in [7, 11) is 1.62. The van der Waals surface area contributed by atoms with Gasteiger partial charge in [-0.25, -0.2) is 0 Å². The van der Waals surface area contributed by atoms with Gasteiger partial charge >= 0.3 is 0 Å². The normalized spacial score (nSPS) is 11.8. The molecule has 0 spiro atoms. The Morgan fingerprint density at radius 2 is 1.69 bits per heavy atom. The number of methoxy groups -OCH3 is 1. The van der Waals surface area contributed by atoms with Gasteiger partial charge in [0.05, 0.1) is 13.5 Å². The van der Waals surface area contributed by atoms with Crippen molar-refractivity contribution >= 4 is 11.8 Å². The molecule has 2 amide bonds. The molecule has 1 atom stereocenters. The van der Waals surface area contributed by atoms with Crippen LogP contribution in [0.4, 0.5) is 0 Å². The molecule has 1 N–H and O–H groups in total. The predicted molar refractivity (Wildman–Crippen MR) is 116 cm³/mol. The molecule has 156 valence electrons. The Morgan fingerprint density at radius 3 is 2.28 bits per heavy atom. The summed E-state index contributed by atoms with van der Waals surface area (Å²) in [5, 5.41) is 2.91. The zero-order valence-electron chi connectivity index (χ0n) is 18.3. The number of carbonyl (C=O) groups is 2. The highest BCUT2D eigenvalue weighted by atomic mass is 16.5. The second-order valence-electron chi connectivity index (χ2n) is 7.82. The zero-order valence-corrected chi connectivity index (χ0v) is 18.3. The van der Waals surface area contributed by atoms with Crippen LogP contribution in [0.3, 0.4) is 0 Å². The maximum absolute atomic E-state index is 13.3. The molecule has 0 unspecified atom stereocenters. The third-order valence-corrected chi connectivity index (χ3v) is 4.96. The van der Waals surface area contributed by atoms with Crippen LogP contribution in [0.25, 0.3) is 0 Å². The maximum atomic E-state index is 13.3. The van der Waals surface area contributed by atoms with E-state index in [-0.39, 0.29) is 24.3 Å². The van der Waals surface area contributed by atoms with Crippen LogP contribution in [-0.2, 0) is 22.6 Å². The Kier molecular flexibility index (Phi) is 7.82. The lowest BCUT2D eigenvalue weighted by atomic mass is 10.0. The molecule has 0 bridgehead atoms. The smallest absolute Gasteiger partial charge is 0.242 e. The monoisotopic (exact) mass is 396 g/mol.